The van der Waals surface area contributed by atoms with Gasteiger partial charge in [-0.05, 0) is 24.2 Å². The third-order valence-corrected chi connectivity index (χ3v) is 2.51. The maximum absolute atomic E-state index is 13.3. The number of rotatable bonds is 6. The van der Waals surface area contributed by atoms with Gasteiger partial charge in [-0.15, -0.1) is 0 Å². The highest BCUT2D eigenvalue weighted by Crippen LogP contribution is 2.14. The van der Waals surface area contributed by atoms with Gasteiger partial charge in [0.2, 0.25) is 0 Å². The summed E-state index contributed by atoms with van der Waals surface area (Å²) >= 11 is 0. The number of amides is 1. The molecule has 1 aromatic carbocycles. The summed E-state index contributed by atoms with van der Waals surface area (Å²) in [7, 11) is 0. The summed E-state index contributed by atoms with van der Waals surface area (Å²) in [5.41, 5.74) is -0.221. The second kappa shape index (κ2) is 7.34. The molecule has 2 rings (SSSR count). The van der Waals surface area contributed by atoms with Gasteiger partial charge in [0.15, 0.2) is 13.2 Å². The van der Waals surface area contributed by atoms with E-state index < -0.39 is 36.7 Å². The minimum absolute atomic E-state index is 0.109. The highest BCUT2D eigenvalue weighted by Gasteiger charge is 2.12. The molecule has 0 unspecified atom stereocenters. The first-order valence-electron chi connectivity index (χ1n) is 6.40. The van der Waals surface area contributed by atoms with Gasteiger partial charge in [-0.2, -0.15) is 0 Å². The summed E-state index contributed by atoms with van der Waals surface area (Å²) in [6.07, 6.45) is 0. The number of aryl methyl sites for hydroxylation is 1. The predicted octanol–water partition coefficient (Wildman–Crippen LogP) is 1.82. The van der Waals surface area contributed by atoms with Gasteiger partial charge >= 0.3 is 5.97 Å². The normalized spacial score (nSPS) is 10.2. The van der Waals surface area contributed by atoms with E-state index in [-0.39, 0.29) is 11.6 Å². The number of carbonyl (C=O) groups is 2. The van der Waals surface area contributed by atoms with Crippen molar-refractivity contribution in [1.82, 2.24) is 5.16 Å². The van der Waals surface area contributed by atoms with Crippen molar-refractivity contribution in [3.63, 3.8) is 0 Å². The Labute approximate surface area is 129 Å². The molecule has 122 valence electrons. The molecule has 9 heteroatoms. The number of hydrogen-bond acceptors (Lipinski definition) is 6. The molecule has 23 heavy (non-hydrogen) atoms. The standard InChI is InChI=1S/C14H12F2N2O5/c1-8-4-13(18-23-8)21-7-14(20)22-6-12(19)17-11-3-2-9(15)5-10(11)16/h2-5H,6-7H2,1H3,(H,17,19). The van der Waals surface area contributed by atoms with Gasteiger partial charge in [-0.25, -0.2) is 13.6 Å². The zero-order valence-electron chi connectivity index (χ0n) is 12.0. The summed E-state index contributed by atoms with van der Waals surface area (Å²) in [5.74, 6) is -2.69. The average molecular weight is 326 g/mol. The number of nitrogens with one attached hydrogen (secondary N) is 1. The lowest BCUT2D eigenvalue weighted by Crippen LogP contribution is -2.24. The predicted molar refractivity (Wildman–Crippen MR) is 72.7 cm³/mol. The van der Waals surface area contributed by atoms with Crippen LogP contribution in [0.4, 0.5) is 14.5 Å². The SMILES string of the molecule is Cc1cc(OCC(=O)OCC(=O)Nc2ccc(F)cc2F)no1. The lowest BCUT2D eigenvalue weighted by molar-refractivity contribution is -0.149. The Morgan fingerprint density at radius 2 is 2.04 bits per heavy atom. The van der Waals surface area contributed by atoms with Crippen LogP contribution < -0.4 is 10.1 Å². The van der Waals surface area contributed by atoms with Crippen LogP contribution in [0.2, 0.25) is 0 Å². The van der Waals surface area contributed by atoms with Crippen LogP contribution in [0.5, 0.6) is 5.88 Å². The summed E-state index contributed by atoms with van der Waals surface area (Å²) in [6.45, 7) is 0.540. The van der Waals surface area contributed by atoms with Crippen molar-refractivity contribution >= 4 is 17.6 Å². The minimum atomic E-state index is -0.936. The second-order valence-electron chi connectivity index (χ2n) is 4.40. The lowest BCUT2D eigenvalue weighted by atomic mass is 10.3. The van der Waals surface area contributed by atoms with E-state index in [4.69, 9.17) is 9.26 Å². The van der Waals surface area contributed by atoms with Gasteiger partial charge in [0.1, 0.15) is 17.4 Å². The molecule has 7 nitrogen and oxygen atoms in total. The molecule has 0 radical (unpaired) electrons. The third kappa shape index (κ3) is 5.06. The number of anilines is 1. The topological polar surface area (TPSA) is 90.7 Å². The molecule has 0 aliphatic carbocycles. The Kier molecular flexibility index (Phi) is 5.23. The fourth-order valence-electron chi connectivity index (χ4n) is 1.51. The molecule has 1 aromatic heterocycles. The van der Waals surface area contributed by atoms with E-state index in [0.717, 1.165) is 12.1 Å². The van der Waals surface area contributed by atoms with Crippen LogP contribution in [0, 0.1) is 18.6 Å². The first-order valence-corrected chi connectivity index (χ1v) is 6.40. The Morgan fingerprint density at radius 3 is 2.70 bits per heavy atom. The molecule has 1 heterocycles. The highest BCUT2D eigenvalue weighted by molar-refractivity contribution is 5.92. The van der Waals surface area contributed by atoms with Crippen LogP contribution in [-0.4, -0.2) is 30.2 Å². The van der Waals surface area contributed by atoms with Crippen molar-refractivity contribution in [1.29, 1.82) is 0 Å². The number of nitrogens with zero attached hydrogens (tertiary/aromatic N) is 1. The van der Waals surface area contributed by atoms with Crippen molar-refractivity contribution in [2.45, 2.75) is 6.92 Å². The van der Waals surface area contributed by atoms with Crippen molar-refractivity contribution in [2.24, 2.45) is 0 Å². The lowest BCUT2D eigenvalue weighted by Gasteiger charge is -2.07. The minimum Gasteiger partial charge on any atom is -0.463 e. The van der Waals surface area contributed by atoms with Gasteiger partial charge in [-0.3, -0.25) is 4.79 Å². The first kappa shape index (κ1) is 16.4. The molecule has 0 fully saturated rings. The zero-order valence-corrected chi connectivity index (χ0v) is 12.0. The van der Waals surface area contributed by atoms with Crippen LogP contribution in [0.25, 0.3) is 0 Å². The molecular weight excluding hydrogens is 314 g/mol. The van der Waals surface area contributed by atoms with Gasteiger partial charge in [0.25, 0.3) is 11.8 Å². The van der Waals surface area contributed by atoms with E-state index in [0.29, 0.717) is 11.8 Å². The summed E-state index contributed by atoms with van der Waals surface area (Å²) in [4.78, 5) is 22.9. The Bertz CT molecular complexity index is 717. The van der Waals surface area contributed by atoms with Crippen molar-refractivity contribution in [3.8, 4) is 5.88 Å². The van der Waals surface area contributed by atoms with E-state index in [1.807, 2.05) is 0 Å². The maximum Gasteiger partial charge on any atom is 0.344 e. The van der Waals surface area contributed by atoms with E-state index >= 15 is 0 Å². The van der Waals surface area contributed by atoms with Crippen LogP contribution in [0.15, 0.2) is 28.8 Å². The number of esters is 1. The molecule has 0 spiro atoms. The first-order chi connectivity index (χ1) is 10.9. The Balaban J connectivity index is 1.74. The van der Waals surface area contributed by atoms with Gasteiger partial charge < -0.3 is 19.3 Å². The number of halogens is 2. The average Bonchev–Trinajstić information content (AvgIpc) is 2.91. The Morgan fingerprint density at radius 1 is 1.26 bits per heavy atom. The summed E-state index contributed by atoms with van der Waals surface area (Å²) in [5, 5.41) is 5.64. The summed E-state index contributed by atoms with van der Waals surface area (Å²) in [6, 6.07) is 4.13. The van der Waals surface area contributed by atoms with Crippen LogP contribution in [0.1, 0.15) is 5.76 Å². The van der Waals surface area contributed by atoms with Crippen molar-refractivity contribution in [3.05, 3.63) is 41.7 Å². The fraction of sp³-hybridized carbons (Fsp3) is 0.214. The molecule has 0 saturated heterocycles. The smallest absolute Gasteiger partial charge is 0.344 e. The van der Waals surface area contributed by atoms with Gasteiger partial charge in [0.05, 0.1) is 5.69 Å². The van der Waals surface area contributed by atoms with Crippen molar-refractivity contribution < 1.29 is 32.4 Å². The highest BCUT2D eigenvalue weighted by atomic mass is 19.1. The monoisotopic (exact) mass is 326 g/mol. The fourth-order valence-corrected chi connectivity index (χ4v) is 1.51. The molecule has 0 aliphatic rings. The summed E-state index contributed by atoms with van der Waals surface area (Å²) < 4.78 is 40.4. The number of ether oxygens (including phenoxy) is 2. The number of carbonyl (C=O) groups excluding carboxylic acids is 2. The third-order valence-electron chi connectivity index (χ3n) is 2.51. The molecule has 0 saturated carbocycles. The second-order valence-corrected chi connectivity index (χ2v) is 4.40. The Hall–Kier alpha value is -2.97. The van der Waals surface area contributed by atoms with Gasteiger partial charge in [-0.1, -0.05) is 0 Å². The number of benzene rings is 1. The van der Waals surface area contributed by atoms with Gasteiger partial charge in [0, 0.05) is 12.1 Å². The molecule has 2 aromatic rings. The van der Waals surface area contributed by atoms with Crippen LogP contribution in [0.3, 0.4) is 0 Å². The molecule has 0 bridgehead atoms. The quantitative estimate of drug-likeness (QED) is 0.814. The molecule has 1 N–H and O–H groups in total. The van der Waals surface area contributed by atoms with E-state index in [1.165, 1.54) is 6.07 Å². The maximum atomic E-state index is 13.3. The molecule has 0 aliphatic heterocycles. The molecular formula is C14H12F2N2O5. The van der Waals surface area contributed by atoms with E-state index in [1.54, 1.807) is 6.92 Å². The number of hydrogen-bond donors (Lipinski definition) is 1. The van der Waals surface area contributed by atoms with E-state index in [9.17, 15) is 18.4 Å². The number of aromatic nitrogens is 1. The van der Waals surface area contributed by atoms with Crippen molar-refractivity contribution in [2.75, 3.05) is 18.5 Å². The van der Waals surface area contributed by atoms with Crippen LogP contribution in [-0.2, 0) is 14.3 Å². The largest absolute Gasteiger partial charge is 0.463 e. The van der Waals surface area contributed by atoms with Crippen LogP contribution >= 0.6 is 0 Å². The van der Waals surface area contributed by atoms with E-state index in [2.05, 4.69) is 15.2 Å². The molecule has 0 atom stereocenters. The molecule has 1 amide bonds. The zero-order chi connectivity index (χ0) is 16.8.